The Hall–Kier alpha value is -2.05. The third kappa shape index (κ3) is 4.49. The van der Waals surface area contributed by atoms with Gasteiger partial charge in [0.25, 0.3) is 5.56 Å². The largest absolute Gasteiger partial charge is 0.491 e. The minimum absolute atomic E-state index is 0.0165. The molecule has 0 fully saturated rings. The molecule has 1 aromatic heterocycles. The van der Waals surface area contributed by atoms with Gasteiger partial charge in [0.15, 0.2) is 10.8 Å². The van der Waals surface area contributed by atoms with Crippen molar-refractivity contribution in [1.29, 1.82) is 0 Å². The fourth-order valence-corrected chi connectivity index (χ4v) is 2.19. The second kappa shape index (κ2) is 7.68. The summed E-state index contributed by atoms with van der Waals surface area (Å²) in [6.07, 6.45) is 1.45. The molecule has 6 nitrogen and oxygen atoms in total. The molecule has 0 spiro atoms. The van der Waals surface area contributed by atoms with E-state index in [-0.39, 0.29) is 36.2 Å². The lowest BCUT2D eigenvalue weighted by Gasteiger charge is -2.21. The number of benzene rings is 1. The van der Waals surface area contributed by atoms with Gasteiger partial charge in [-0.15, -0.1) is 0 Å². The van der Waals surface area contributed by atoms with Crippen molar-refractivity contribution in [3.63, 3.8) is 0 Å². The third-order valence-electron chi connectivity index (χ3n) is 3.20. The molecular formula is C17H21ClN2O4. The van der Waals surface area contributed by atoms with Crippen molar-refractivity contribution in [2.75, 3.05) is 13.2 Å². The maximum absolute atomic E-state index is 12.2. The number of rotatable bonds is 6. The Morgan fingerprint density at radius 2 is 1.88 bits per heavy atom. The normalized spacial score (nSPS) is 11.4. The van der Waals surface area contributed by atoms with Gasteiger partial charge in [-0.3, -0.25) is 4.79 Å². The van der Waals surface area contributed by atoms with Gasteiger partial charge in [0.1, 0.15) is 19.0 Å². The molecule has 1 aromatic carbocycles. The van der Waals surface area contributed by atoms with E-state index in [0.717, 1.165) is 5.56 Å². The van der Waals surface area contributed by atoms with E-state index in [0.29, 0.717) is 5.75 Å². The summed E-state index contributed by atoms with van der Waals surface area (Å²) in [5, 5.41) is 12.9. The lowest BCUT2D eigenvalue weighted by Crippen LogP contribution is -2.36. The first-order chi connectivity index (χ1) is 11.3. The third-order valence-corrected chi connectivity index (χ3v) is 3.55. The Balaban J connectivity index is 2.07. The van der Waals surface area contributed by atoms with Crippen LogP contribution in [0.1, 0.15) is 26.3 Å². The predicted octanol–water partition coefficient (Wildman–Crippen LogP) is 2.60. The Labute approximate surface area is 145 Å². The number of hydrogen-bond donors (Lipinski definition) is 1. The van der Waals surface area contributed by atoms with Gasteiger partial charge >= 0.3 is 0 Å². The Morgan fingerprint density at radius 1 is 1.21 bits per heavy atom. The van der Waals surface area contributed by atoms with Gasteiger partial charge in [-0.25, -0.2) is 4.68 Å². The first kappa shape index (κ1) is 18.3. The average Bonchev–Trinajstić information content (AvgIpc) is 2.54. The van der Waals surface area contributed by atoms with Crippen LogP contribution < -0.4 is 15.0 Å². The lowest BCUT2D eigenvalue weighted by atomic mass is 10.1. The molecule has 0 atom stereocenters. The Bertz CT molecular complexity index is 736. The van der Waals surface area contributed by atoms with Crippen LogP contribution in [0.5, 0.6) is 11.5 Å². The van der Waals surface area contributed by atoms with Crippen LogP contribution >= 0.6 is 11.6 Å². The van der Waals surface area contributed by atoms with Crippen LogP contribution in [0.2, 0.25) is 5.02 Å². The highest BCUT2D eigenvalue weighted by molar-refractivity contribution is 6.31. The smallest absolute Gasteiger partial charge is 0.289 e. The van der Waals surface area contributed by atoms with Crippen molar-refractivity contribution in [2.45, 2.75) is 32.9 Å². The summed E-state index contributed by atoms with van der Waals surface area (Å²) in [4.78, 5) is 12.2. The van der Waals surface area contributed by atoms with Gasteiger partial charge in [0.2, 0.25) is 0 Å². The second-order valence-corrected chi connectivity index (χ2v) is 6.59. The highest BCUT2D eigenvalue weighted by Crippen LogP contribution is 2.22. The van der Waals surface area contributed by atoms with Crippen LogP contribution in [0.3, 0.4) is 0 Å². The number of aromatic nitrogens is 2. The number of nitrogens with zero attached hydrogens (tertiary/aromatic N) is 2. The minimum atomic E-state index is -0.455. The first-order valence-electron chi connectivity index (χ1n) is 7.56. The molecule has 0 aliphatic carbocycles. The average molecular weight is 353 g/mol. The zero-order valence-corrected chi connectivity index (χ0v) is 14.7. The summed E-state index contributed by atoms with van der Waals surface area (Å²) in [5.41, 5.74) is 0.0562. The zero-order valence-electron chi connectivity index (χ0n) is 14.0. The van der Waals surface area contributed by atoms with E-state index in [2.05, 4.69) is 5.10 Å². The molecule has 0 unspecified atom stereocenters. The van der Waals surface area contributed by atoms with Crippen LogP contribution in [0, 0.1) is 0 Å². The molecule has 130 valence electrons. The van der Waals surface area contributed by atoms with Crippen molar-refractivity contribution >= 4 is 11.6 Å². The number of aliphatic hydroxyl groups excluding tert-OH is 1. The molecule has 0 aliphatic heterocycles. The topological polar surface area (TPSA) is 73.6 Å². The highest BCUT2D eigenvalue weighted by atomic mass is 35.5. The SMILES string of the molecule is CC(C)(C)n1ncc(OCc2ccc(OCCO)cc2)c(Cl)c1=O. The van der Waals surface area contributed by atoms with Crippen LogP contribution in [-0.4, -0.2) is 28.1 Å². The summed E-state index contributed by atoms with van der Waals surface area (Å²) >= 11 is 6.11. The van der Waals surface area contributed by atoms with Crippen LogP contribution in [-0.2, 0) is 12.1 Å². The van der Waals surface area contributed by atoms with Crippen LogP contribution in [0.25, 0.3) is 0 Å². The van der Waals surface area contributed by atoms with Crippen molar-refractivity contribution in [2.24, 2.45) is 0 Å². The Kier molecular flexibility index (Phi) is 5.85. The maximum atomic E-state index is 12.2. The number of hydrogen-bond acceptors (Lipinski definition) is 5. The molecule has 0 bridgehead atoms. The fourth-order valence-electron chi connectivity index (χ4n) is 2.00. The molecule has 0 radical (unpaired) electrons. The van der Waals surface area contributed by atoms with Gasteiger partial charge in [-0.05, 0) is 38.5 Å². The van der Waals surface area contributed by atoms with Crippen molar-refractivity contribution < 1.29 is 14.6 Å². The summed E-state index contributed by atoms with van der Waals surface area (Å²) in [5.74, 6) is 0.919. The standard InChI is InChI=1S/C17H21ClN2O4/c1-17(2,3)20-16(22)15(18)14(10-19-20)24-11-12-4-6-13(7-5-12)23-9-8-21/h4-7,10,21H,8-9,11H2,1-3H3. The molecule has 0 saturated carbocycles. The van der Waals surface area contributed by atoms with Crippen LogP contribution in [0.15, 0.2) is 35.3 Å². The van der Waals surface area contributed by atoms with Crippen molar-refractivity contribution in [1.82, 2.24) is 9.78 Å². The predicted molar refractivity (Wildman–Crippen MR) is 91.9 cm³/mol. The fraction of sp³-hybridized carbons (Fsp3) is 0.412. The van der Waals surface area contributed by atoms with E-state index in [1.54, 1.807) is 12.1 Å². The summed E-state index contributed by atoms with van der Waals surface area (Å²) in [6, 6.07) is 7.24. The van der Waals surface area contributed by atoms with E-state index in [4.69, 9.17) is 26.2 Å². The van der Waals surface area contributed by atoms with Gasteiger partial charge in [0, 0.05) is 0 Å². The quantitative estimate of drug-likeness (QED) is 0.865. The molecule has 0 aliphatic rings. The van der Waals surface area contributed by atoms with E-state index in [9.17, 15) is 4.79 Å². The highest BCUT2D eigenvalue weighted by Gasteiger charge is 2.19. The number of aliphatic hydroxyl groups is 1. The van der Waals surface area contributed by atoms with E-state index < -0.39 is 5.54 Å². The molecular weight excluding hydrogens is 332 g/mol. The van der Waals surface area contributed by atoms with Gasteiger partial charge < -0.3 is 14.6 Å². The van der Waals surface area contributed by atoms with Gasteiger partial charge in [0.05, 0.1) is 18.3 Å². The van der Waals surface area contributed by atoms with Gasteiger partial charge in [-0.2, -0.15) is 5.10 Å². The number of halogens is 1. The molecule has 2 rings (SSSR count). The molecule has 0 saturated heterocycles. The van der Waals surface area contributed by atoms with Gasteiger partial charge in [-0.1, -0.05) is 23.7 Å². The lowest BCUT2D eigenvalue weighted by molar-refractivity contribution is 0.201. The van der Waals surface area contributed by atoms with E-state index in [1.165, 1.54) is 10.9 Å². The molecule has 24 heavy (non-hydrogen) atoms. The summed E-state index contributed by atoms with van der Waals surface area (Å²) in [7, 11) is 0. The van der Waals surface area contributed by atoms with E-state index in [1.807, 2.05) is 32.9 Å². The molecule has 7 heteroatoms. The number of ether oxygens (including phenoxy) is 2. The van der Waals surface area contributed by atoms with Crippen LogP contribution in [0.4, 0.5) is 0 Å². The minimum Gasteiger partial charge on any atom is -0.491 e. The van der Waals surface area contributed by atoms with E-state index >= 15 is 0 Å². The Morgan fingerprint density at radius 3 is 2.46 bits per heavy atom. The first-order valence-corrected chi connectivity index (χ1v) is 7.94. The molecule has 1 N–H and O–H groups in total. The summed E-state index contributed by atoms with van der Waals surface area (Å²) in [6.45, 7) is 6.09. The summed E-state index contributed by atoms with van der Waals surface area (Å²) < 4.78 is 12.2. The van der Waals surface area contributed by atoms with Crippen molar-refractivity contribution in [3.05, 3.63) is 51.4 Å². The zero-order chi connectivity index (χ0) is 17.7. The van der Waals surface area contributed by atoms with Crippen molar-refractivity contribution in [3.8, 4) is 11.5 Å². The molecule has 2 aromatic rings. The monoisotopic (exact) mass is 352 g/mol. The molecule has 1 heterocycles. The second-order valence-electron chi connectivity index (χ2n) is 6.22. The maximum Gasteiger partial charge on any atom is 0.289 e. The molecule has 0 amide bonds.